The molecule has 0 amide bonds. The van der Waals surface area contributed by atoms with Gasteiger partial charge in [0.2, 0.25) is 0 Å². The highest BCUT2D eigenvalue weighted by atomic mass is 16.6. The van der Waals surface area contributed by atoms with E-state index in [0.29, 0.717) is 0 Å². The standard InChI is InChI=1S/C11H13N3O6/c15-3-5-6(16)7(17)10(20-5)14-2-1-4-8(14)12-11(19)13-9(4)18/h1-2,5-7,10,15-17H,3H2,(H2,12,13,18,19)/t5-,6-,7-,10-/m1/s1. The van der Waals surface area contributed by atoms with Crippen LogP contribution in [0.15, 0.2) is 21.9 Å². The minimum atomic E-state index is -1.29. The Kier molecular flexibility index (Phi) is 2.98. The maximum absolute atomic E-state index is 11.6. The number of nitrogens with zero attached hydrogens (tertiary/aromatic N) is 1. The van der Waals surface area contributed by atoms with E-state index in [1.165, 1.54) is 16.8 Å². The molecule has 9 nitrogen and oxygen atoms in total. The van der Waals surface area contributed by atoms with E-state index >= 15 is 0 Å². The van der Waals surface area contributed by atoms with Gasteiger partial charge in [0, 0.05) is 6.20 Å². The van der Waals surface area contributed by atoms with E-state index in [0.717, 1.165) is 0 Å². The normalized spacial score (nSPS) is 30.1. The maximum atomic E-state index is 11.6. The fraction of sp³-hybridized carbons (Fsp3) is 0.455. The van der Waals surface area contributed by atoms with Crippen molar-refractivity contribution < 1.29 is 20.1 Å². The number of nitrogens with one attached hydrogen (secondary N) is 2. The highest BCUT2D eigenvalue weighted by Gasteiger charge is 2.43. The highest BCUT2D eigenvalue weighted by molar-refractivity contribution is 5.74. The van der Waals surface area contributed by atoms with Crippen LogP contribution >= 0.6 is 0 Å². The van der Waals surface area contributed by atoms with Gasteiger partial charge in [-0.3, -0.25) is 14.8 Å². The van der Waals surface area contributed by atoms with Crippen LogP contribution in [0.25, 0.3) is 11.0 Å². The molecule has 0 saturated carbocycles. The lowest BCUT2D eigenvalue weighted by atomic mass is 10.1. The minimum absolute atomic E-state index is 0.175. The first-order chi connectivity index (χ1) is 9.52. The molecule has 0 spiro atoms. The van der Waals surface area contributed by atoms with Gasteiger partial charge in [0.25, 0.3) is 5.56 Å². The second kappa shape index (κ2) is 4.56. The number of aromatic amines is 2. The third kappa shape index (κ3) is 1.79. The number of aliphatic hydroxyl groups excluding tert-OH is 3. The van der Waals surface area contributed by atoms with Gasteiger partial charge in [0.15, 0.2) is 6.23 Å². The van der Waals surface area contributed by atoms with Crippen LogP contribution in [0.1, 0.15) is 6.23 Å². The summed E-state index contributed by atoms with van der Waals surface area (Å²) in [6.45, 7) is -0.453. The lowest BCUT2D eigenvalue weighted by molar-refractivity contribution is -0.0508. The van der Waals surface area contributed by atoms with Gasteiger partial charge in [-0.1, -0.05) is 0 Å². The molecule has 0 bridgehead atoms. The van der Waals surface area contributed by atoms with Gasteiger partial charge < -0.3 is 24.6 Å². The average Bonchev–Trinajstić information content (AvgIpc) is 2.93. The first-order valence-corrected chi connectivity index (χ1v) is 5.98. The summed E-state index contributed by atoms with van der Waals surface area (Å²) in [5.74, 6) is 0. The molecule has 0 radical (unpaired) electrons. The maximum Gasteiger partial charge on any atom is 0.327 e. The lowest BCUT2D eigenvalue weighted by Gasteiger charge is -2.17. The highest BCUT2D eigenvalue weighted by Crippen LogP contribution is 2.30. The zero-order valence-corrected chi connectivity index (χ0v) is 10.2. The molecular weight excluding hydrogens is 270 g/mol. The molecule has 2 aromatic heterocycles. The number of rotatable bonds is 2. The molecule has 20 heavy (non-hydrogen) atoms. The van der Waals surface area contributed by atoms with E-state index in [1.54, 1.807) is 0 Å². The van der Waals surface area contributed by atoms with Crippen LogP contribution in [0.3, 0.4) is 0 Å². The topological polar surface area (TPSA) is 141 Å². The second-order valence-corrected chi connectivity index (χ2v) is 4.62. The zero-order valence-electron chi connectivity index (χ0n) is 10.2. The SMILES string of the molecule is O=c1[nH]c(=O)c2ccn([C@@H]3O[C@H](CO)[C@@H](O)[C@H]3O)c2[nH]1. The van der Waals surface area contributed by atoms with Crippen molar-refractivity contribution >= 4 is 11.0 Å². The van der Waals surface area contributed by atoms with Gasteiger partial charge in [0.05, 0.1) is 12.0 Å². The first kappa shape index (κ1) is 13.1. The molecule has 108 valence electrons. The molecule has 3 heterocycles. The van der Waals surface area contributed by atoms with E-state index < -0.39 is 42.4 Å². The molecule has 1 fully saturated rings. The van der Waals surface area contributed by atoms with Crippen LogP contribution in [0.2, 0.25) is 0 Å². The number of aromatic nitrogens is 3. The molecule has 0 unspecified atom stereocenters. The molecule has 5 N–H and O–H groups in total. The van der Waals surface area contributed by atoms with Crippen molar-refractivity contribution in [3.63, 3.8) is 0 Å². The number of hydrogen-bond acceptors (Lipinski definition) is 6. The minimum Gasteiger partial charge on any atom is -0.394 e. The molecule has 0 aromatic carbocycles. The molecule has 1 aliphatic heterocycles. The predicted octanol–water partition coefficient (Wildman–Crippen LogP) is -2.37. The lowest BCUT2D eigenvalue weighted by Crippen LogP contribution is -2.33. The van der Waals surface area contributed by atoms with Gasteiger partial charge in [-0.15, -0.1) is 0 Å². The number of H-pyrrole nitrogens is 2. The van der Waals surface area contributed by atoms with Crippen LogP contribution in [-0.2, 0) is 4.74 Å². The number of ether oxygens (including phenoxy) is 1. The molecular formula is C11H13N3O6. The summed E-state index contributed by atoms with van der Waals surface area (Å²) in [7, 11) is 0. The Hall–Kier alpha value is -1.94. The van der Waals surface area contributed by atoms with Crippen LogP contribution in [0.5, 0.6) is 0 Å². The predicted molar refractivity (Wildman–Crippen MR) is 66.2 cm³/mol. The van der Waals surface area contributed by atoms with Crippen LogP contribution in [0.4, 0.5) is 0 Å². The third-order valence-corrected chi connectivity index (χ3v) is 3.41. The molecule has 0 aliphatic carbocycles. The first-order valence-electron chi connectivity index (χ1n) is 5.98. The van der Waals surface area contributed by atoms with Crippen molar-refractivity contribution in [1.29, 1.82) is 0 Å². The summed E-state index contributed by atoms with van der Waals surface area (Å²) in [5.41, 5.74) is -1.07. The van der Waals surface area contributed by atoms with E-state index in [4.69, 9.17) is 9.84 Å². The average molecular weight is 283 g/mol. The fourth-order valence-corrected chi connectivity index (χ4v) is 2.39. The van der Waals surface area contributed by atoms with E-state index in [-0.39, 0.29) is 11.0 Å². The Labute approximate surface area is 111 Å². The fourth-order valence-electron chi connectivity index (χ4n) is 2.39. The Bertz CT molecular complexity index is 746. The van der Waals surface area contributed by atoms with E-state index in [9.17, 15) is 19.8 Å². The Balaban J connectivity index is 2.12. The van der Waals surface area contributed by atoms with Crippen LogP contribution in [-0.4, -0.2) is 54.8 Å². The van der Waals surface area contributed by atoms with Crippen LogP contribution < -0.4 is 11.2 Å². The van der Waals surface area contributed by atoms with Crippen molar-refractivity contribution in [3.05, 3.63) is 33.1 Å². The van der Waals surface area contributed by atoms with Gasteiger partial charge in [-0.25, -0.2) is 4.79 Å². The third-order valence-electron chi connectivity index (χ3n) is 3.41. The summed E-state index contributed by atoms with van der Waals surface area (Å²) in [6, 6.07) is 1.46. The molecule has 4 atom stereocenters. The number of fused-ring (bicyclic) bond motifs is 1. The monoisotopic (exact) mass is 283 g/mol. The van der Waals surface area contributed by atoms with Crippen molar-refractivity contribution in [2.24, 2.45) is 0 Å². The van der Waals surface area contributed by atoms with E-state index in [1.807, 2.05) is 0 Å². The Morgan fingerprint density at radius 3 is 2.65 bits per heavy atom. The van der Waals surface area contributed by atoms with Crippen molar-refractivity contribution in [2.75, 3.05) is 6.61 Å². The molecule has 1 saturated heterocycles. The smallest absolute Gasteiger partial charge is 0.327 e. The summed E-state index contributed by atoms with van der Waals surface area (Å²) in [4.78, 5) is 27.5. The number of hydrogen-bond donors (Lipinski definition) is 5. The molecule has 2 aromatic rings. The molecule has 1 aliphatic rings. The summed E-state index contributed by atoms with van der Waals surface area (Å²) >= 11 is 0. The summed E-state index contributed by atoms with van der Waals surface area (Å²) in [6.07, 6.45) is -3.02. The quantitative estimate of drug-likeness (QED) is 0.417. The summed E-state index contributed by atoms with van der Waals surface area (Å²) < 4.78 is 6.69. The van der Waals surface area contributed by atoms with Gasteiger partial charge >= 0.3 is 5.69 Å². The van der Waals surface area contributed by atoms with Gasteiger partial charge in [-0.2, -0.15) is 0 Å². The van der Waals surface area contributed by atoms with Crippen molar-refractivity contribution in [2.45, 2.75) is 24.5 Å². The molecule has 9 heteroatoms. The van der Waals surface area contributed by atoms with Gasteiger partial charge in [0.1, 0.15) is 24.0 Å². The van der Waals surface area contributed by atoms with E-state index in [2.05, 4.69) is 9.97 Å². The second-order valence-electron chi connectivity index (χ2n) is 4.62. The zero-order chi connectivity index (χ0) is 14.4. The Morgan fingerprint density at radius 1 is 1.25 bits per heavy atom. The number of aliphatic hydroxyl groups is 3. The van der Waals surface area contributed by atoms with Crippen molar-refractivity contribution in [3.8, 4) is 0 Å². The van der Waals surface area contributed by atoms with Crippen molar-refractivity contribution in [1.82, 2.24) is 14.5 Å². The Morgan fingerprint density at radius 2 is 2.00 bits per heavy atom. The molecule has 3 rings (SSSR count). The van der Waals surface area contributed by atoms with Crippen LogP contribution in [0, 0.1) is 0 Å². The largest absolute Gasteiger partial charge is 0.394 e. The van der Waals surface area contributed by atoms with Gasteiger partial charge in [-0.05, 0) is 6.07 Å². The summed E-state index contributed by atoms with van der Waals surface area (Å²) in [5, 5.41) is 28.9.